The van der Waals surface area contributed by atoms with Gasteiger partial charge >= 0.3 is 5.69 Å². The Morgan fingerprint density at radius 2 is 1.57 bits per heavy atom. The molecule has 2 heterocycles. The number of carbonyl (C=O) groups is 2. The third-order valence-electron chi connectivity index (χ3n) is 10.7. The van der Waals surface area contributed by atoms with Crippen molar-refractivity contribution >= 4 is 22.8 Å². The second kappa shape index (κ2) is 11.1. The van der Waals surface area contributed by atoms with Gasteiger partial charge in [0.25, 0.3) is 0 Å². The van der Waals surface area contributed by atoms with Crippen LogP contribution in [-0.4, -0.2) is 63.5 Å². The summed E-state index contributed by atoms with van der Waals surface area (Å²) in [6.45, 7) is 3.00. The molecule has 40 heavy (non-hydrogen) atoms. The Morgan fingerprint density at radius 1 is 0.925 bits per heavy atom. The van der Waals surface area contributed by atoms with Crippen molar-refractivity contribution in [3.05, 3.63) is 34.2 Å². The highest BCUT2D eigenvalue weighted by Gasteiger charge is 2.52. The van der Waals surface area contributed by atoms with Crippen LogP contribution in [0, 0.1) is 17.8 Å². The van der Waals surface area contributed by atoms with Crippen LogP contribution in [-0.2, 0) is 23.2 Å². The standard InChI is InChI=1S/C32H47N5O3/c1-34(13-6-4-5-7-14-35(2)32-18-22-15-23(19-32)17-24(16-22)20-32)21-25-9-8-10-26-29(25)36(3)31(40)37(26)27-11-12-28(38)33-30(27)39/h8-10,22-24,27H,4-7,11-21H2,1-3H3,(H,33,38,39). The average Bonchev–Trinajstić information content (AvgIpc) is 3.15. The van der Waals surface area contributed by atoms with Crippen LogP contribution in [0.3, 0.4) is 0 Å². The van der Waals surface area contributed by atoms with Gasteiger partial charge in [0.15, 0.2) is 0 Å². The SMILES string of the molecule is CN(CCCCCCN(C)C12CC3CC(CC(C3)C1)C2)Cc1cccc2c1n(C)c(=O)n2C1CCC(=O)NC1=O. The predicted molar refractivity (Wildman–Crippen MR) is 157 cm³/mol. The molecule has 8 nitrogen and oxygen atoms in total. The summed E-state index contributed by atoms with van der Waals surface area (Å²) in [6.07, 6.45) is 14.5. The molecule has 1 aromatic heterocycles. The molecule has 1 unspecified atom stereocenters. The summed E-state index contributed by atoms with van der Waals surface area (Å²) < 4.78 is 3.23. The van der Waals surface area contributed by atoms with E-state index in [0.29, 0.717) is 12.0 Å². The maximum absolute atomic E-state index is 13.2. The molecule has 2 amide bonds. The molecular weight excluding hydrogens is 502 g/mol. The van der Waals surface area contributed by atoms with Crippen molar-refractivity contribution in [2.75, 3.05) is 27.2 Å². The highest BCUT2D eigenvalue weighted by atomic mass is 16.2. The van der Waals surface area contributed by atoms with Gasteiger partial charge in [0.2, 0.25) is 11.8 Å². The Bertz CT molecular complexity index is 1290. The number of carbonyl (C=O) groups excluding carboxylic acids is 2. The first-order chi connectivity index (χ1) is 19.2. The van der Waals surface area contributed by atoms with Crippen LogP contribution >= 0.6 is 0 Å². The molecule has 218 valence electrons. The second-order valence-corrected chi connectivity index (χ2v) is 13.7. The van der Waals surface area contributed by atoms with Crippen molar-refractivity contribution in [1.82, 2.24) is 24.3 Å². The monoisotopic (exact) mass is 549 g/mol. The second-order valence-electron chi connectivity index (χ2n) is 13.7. The Morgan fingerprint density at radius 3 is 2.23 bits per heavy atom. The topological polar surface area (TPSA) is 79.6 Å². The van der Waals surface area contributed by atoms with Crippen molar-refractivity contribution < 1.29 is 9.59 Å². The number of piperidine rings is 1. The van der Waals surface area contributed by atoms with Gasteiger partial charge in [-0.1, -0.05) is 25.0 Å². The normalized spacial score (nSPS) is 29.7. The first kappa shape index (κ1) is 27.7. The number of unbranched alkanes of at least 4 members (excludes halogenated alkanes) is 3. The van der Waals surface area contributed by atoms with Crippen LogP contribution in [0.5, 0.6) is 0 Å². The van der Waals surface area contributed by atoms with Gasteiger partial charge < -0.3 is 9.80 Å². The summed E-state index contributed by atoms with van der Waals surface area (Å²) in [5.74, 6) is 2.36. The molecule has 2 aromatic rings. The fourth-order valence-corrected chi connectivity index (χ4v) is 9.10. The number of aromatic nitrogens is 2. The fraction of sp³-hybridized carbons (Fsp3) is 0.719. The summed E-state index contributed by atoms with van der Waals surface area (Å²) in [7, 11) is 6.33. The maximum atomic E-state index is 13.2. The predicted octanol–water partition coefficient (Wildman–Crippen LogP) is 4.21. The largest absolute Gasteiger partial charge is 0.329 e. The minimum Gasteiger partial charge on any atom is -0.302 e. The van der Waals surface area contributed by atoms with Crippen molar-refractivity contribution in [2.24, 2.45) is 24.8 Å². The quantitative estimate of drug-likeness (QED) is 0.336. The molecular formula is C32H47N5O3. The van der Waals surface area contributed by atoms with E-state index < -0.39 is 11.9 Å². The Labute approximate surface area is 238 Å². The number of nitrogens with one attached hydrogen (secondary N) is 1. The van der Waals surface area contributed by atoms with Crippen molar-refractivity contribution in [2.45, 2.75) is 95.2 Å². The van der Waals surface area contributed by atoms with Gasteiger partial charge in [-0.15, -0.1) is 0 Å². The molecule has 0 radical (unpaired) electrons. The number of para-hydroxylation sites is 1. The molecule has 7 rings (SSSR count). The molecule has 4 saturated carbocycles. The van der Waals surface area contributed by atoms with E-state index in [9.17, 15) is 14.4 Å². The Kier molecular flexibility index (Phi) is 7.68. The molecule has 0 spiro atoms. The molecule has 1 atom stereocenters. The molecule has 5 fully saturated rings. The first-order valence-corrected chi connectivity index (χ1v) is 15.7. The zero-order valence-electron chi connectivity index (χ0n) is 24.7. The third kappa shape index (κ3) is 5.18. The molecule has 5 aliphatic rings. The van der Waals surface area contributed by atoms with Gasteiger partial charge in [0, 0.05) is 25.6 Å². The van der Waals surface area contributed by atoms with Crippen molar-refractivity contribution in [3.63, 3.8) is 0 Å². The third-order valence-corrected chi connectivity index (χ3v) is 10.7. The van der Waals surface area contributed by atoms with E-state index in [-0.39, 0.29) is 18.0 Å². The number of imidazole rings is 1. The van der Waals surface area contributed by atoms with Crippen LogP contribution in [0.25, 0.3) is 11.0 Å². The number of nitrogens with zero attached hydrogens (tertiary/aromatic N) is 4. The number of benzene rings is 1. The fourth-order valence-electron chi connectivity index (χ4n) is 9.10. The van der Waals surface area contributed by atoms with E-state index >= 15 is 0 Å². The van der Waals surface area contributed by atoms with Gasteiger partial charge in [-0.2, -0.15) is 0 Å². The van der Waals surface area contributed by atoms with E-state index in [4.69, 9.17) is 0 Å². The maximum Gasteiger partial charge on any atom is 0.329 e. The van der Waals surface area contributed by atoms with Crippen molar-refractivity contribution in [1.29, 1.82) is 0 Å². The highest BCUT2D eigenvalue weighted by molar-refractivity contribution is 6.00. The molecule has 8 heteroatoms. The molecule has 1 saturated heterocycles. The number of rotatable bonds is 11. The summed E-state index contributed by atoms with van der Waals surface area (Å²) >= 11 is 0. The van der Waals surface area contributed by atoms with Crippen LogP contribution < -0.4 is 11.0 Å². The lowest BCUT2D eigenvalue weighted by Crippen LogP contribution is -2.58. The van der Waals surface area contributed by atoms with E-state index in [0.717, 1.165) is 47.4 Å². The number of amides is 2. The Balaban J connectivity index is 0.995. The minimum absolute atomic E-state index is 0.210. The van der Waals surface area contributed by atoms with Crippen LogP contribution in [0.1, 0.15) is 88.7 Å². The summed E-state index contributed by atoms with van der Waals surface area (Å²) in [6, 6.07) is 5.30. The molecule has 4 bridgehead atoms. The molecule has 1 aromatic carbocycles. The van der Waals surface area contributed by atoms with Gasteiger partial charge in [-0.25, -0.2) is 4.79 Å². The zero-order chi connectivity index (χ0) is 28.0. The average molecular weight is 550 g/mol. The summed E-state index contributed by atoms with van der Waals surface area (Å²) in [5.41, 5.74) is 3.03. The van der Waals surface area contributed by atoms with Gasteiger partial charge in [0.05, 0.1) is 11.0 Å². The lowest BCUT2D eigenvalue weighted by atomic mass is 9.52. The van der Waals surface area contributed by atoms with E-state index in [2.05, 4.69) is 35.3 Å². The van der Waals surface area contributed by atoms with E-state index in [1.54, 1.807) is 16.2 Å². The molecule has 1 N–H and O–H groups in total. The first-order valence-electron chi connectivity index (χ1n) is 15.7. The Hall–Kier alpha value is -2.45. The lowest BCUT2D eigenvalue weighted by molar-refractivity contribution is -0.135. The van der Waals surface area contributed by atoms with Gasteiger partial charge in [-0.05, 0) is 114 Å². The number of hydrogen-bond donors (Lipinski definition) is 1. The number of imide groups is 1. The molecule has 1 aliphatic heterocycles. The lowest BCUT2D eigenvalue weighted by Gasteiger charge is -2.60. The van der Waals surface area contributed by atoms with E-state index in [1.807, 2.05) is 12.1 Å². The minimum atomic E-state index is -0.649. The van der Waals surface area contributed by atoms with Crippen LogP contribution in [0.4, 0.5) is 0 Å². The molecule has 4 aliphatic carbocycles. The number of fused-ring (bicyclic) bond motifs is 1. The van der Waals surface area contributed by atoms with Crippen LogP contribution in [0.15, 0.2) is 23.0 Å². The van der Waals surface area contributed by atoms with E-state index in [1.165, 1.54) is 70.8 Å². The summed E-state index contributed by atoms with van der Waals surface area (Å²) in [4.78, 5) is 42.5. The zero-order valence-corrected chi connectivity index (χ0v) is 24.7. The van der Waals surface area contributed by atoms with Crippen LogP contribution in [0.2, 0.25) is 0 Å². The highest BCUT2D eigenvalue weighted by Crippen LogP contribution is 2.57. The number of hydrogen-bond acceptors (Lipinski definition) is 5. The van der Waals surface area contributed by atoms with Gasteiger partial charge in [0.1, 0.15) is 6.04 Å². The summed E-state index contributed by atoms with van der Waals surface area (Å²) in [5, 5.41) is 2.39. The smallest absolute Gasteiger partial charge is 0.302 e. The van der Waals surface area contributed by atoms with Gasteiger partial charge in [-0.3, -0.25) is 24.0 Å². The number of aryl methyl sites for hydroxylation is 1. The van der Waals surface area contributed by atoms with Crippen molar-refractivity contribution in [3.8, 4) is 0 Å².